The molecule has 0 saturated carbocycles. The van der Waals surface area contributed by atoms with Gasteiger partial charge in [0, 0.05) is 43.7 Å². The molecule has 14 aromatic rings. The summed E-state index contributed by atoms with van der Waals surface area (Å²) in [6.07, 6.45) is 0. The summed E-state index contributed by atoms with van der Waals surface area (Å²) in [4.78, 5) is 10.7. The lowest BCUT2D eigenvalue weighted by Crippen LogP contribution is -2.14. The fraction of sp³-hybridized carbons (Fsp3) is 0.0435. The molecule has 0 atom stereocenters. The molecule has 0 saturated heterocycles. The van der Waals surface area contributed by atoms with E-state index in [1.165, 1.54) is 33.0 Å². The number of fused-ring (bicyclic) bond motifs is 11. The molecule has 0 spiro atoms. The van der Waals surface area contributed by atoms with E-state index in [1.54, 1.807) is 0 Å². The van der Waals surface area contributed by atoms with Gasteiger partial charge in [0.1, 0.15) is 22.3 Å². The summed E-state index contributed by atoms with van der Waals surface area (Å²) < 4.78 is 12.5. The molecule has 15 rings (SSSR count). The Morgan fingerprint density at radius 1 is 0.301 bits per heavy atom. The summed E-state index contributed by atoms with van der Waals surface area (Å²) in [5, 5.41) is 9.23. The molecule has 0 aliphatic heterocycles. The Balaban J connectivity index is 0.857. The van der Waals surface area contributed by atoms with Crippen LogP contribution in [0.1, 0.15) is 25.0 Å². The van der Waals surface area contributed by atoms with Gasteiger partial charge in [-0.25, -0.2) is 9.97 Å². The molecule has 1 aliphatic carbocycles. The summed E-state index contributed by atoms with van der Waals surface area (Å²) in [6, 6.07) is 82.9. The molecule has 73 heavy (non-hydrogen) atoms. The van der Waals surface area contributed by atoms with Crippen LogP contribution < -0.4 is 0 Å². The van der Waals surface area contributed by atoms with Gasteiger partial charge in [-0.3, -0.25) is 0 Å². The van der Waals surface area contributed by atoms with Crippen molar-refractivity contribution in [3.8, 4) is 78.4 Å². The van der Waals surface area contributed by atoms with Gasteiger partial charge in [0.05, 0.1) is 11.4 Å². The van der Waals surface area contributed by atoms with Crippen LogP contribution in [0.3, 0.4) is 0 Å². The number of aromatic nitrogens is 2. The maximum absolute atomic E-state index is 6.26. The fourth-order valence-corrected chi connectivity index (χ4v) is 11.7. The molecular formula is C69H44N2O2. The van der Waals surface area contributed by atoms with Gasteiger partial charge < -0.3 is 8.83 Å². The van der Waals surface area contributed by atoms with Crippen molar-refractivity contribution < 1.29 is 8.83 Å². The van der Waals surface area contributed by atoms with Crippen molar-refractivity contribution in [3.05, 3.63) is 242 Å². The third-order valence-corrected chi connectivity index (χ3v) is 15.4. The predicted octanol–water partition coefficient (Wildman–Crippen LogP) is 18.9. The number of furan rings is 2. The second-order valence-electron chi connectivity index (χ2n) is 20.1. The normalized spacial score (nSPS) is 12.9. The van der Waals surface area contributed by atoms with Crippen molar-refractivity contribution >= 4 is 65.4 Å². The lowest BCUT2D eigenvalue weighted by atomic mass is 9.81. The van der Waals surface area contributed by atoms with E-state index in [9.17, 15) is 0 Å². The Morgan fingerprint density at radius 2 is 0.808 bits per heavy atom. The van der Waals surface area contributed by atoms with Gasteiger partial charge in [-0.05, 0) is 162 Å². The molecule has 0 unspecified atom stereocenters. The highest BCUT2D eigenvalue weighted by Gasteiger charge is 2.37. The Bertz CT molecular complexity index is 4460. The topological polar surface area (TPSA) is 52.1 Å². The van der Waals surface area contributed by atoms with E-state index in [-0.39, 0.29) is 5.41 Å². The van der Waals surface area contributed by atoms with Crippen LogP contribution in [0.4, 0.5) is 0 Å². The summed E-state index contributed by atoms with van der Waals surface area (Å²) in [5.41, 5.74) is 20.3. The standard InChI is InChI=1S/C69H44N2O2/c1-69(2)59-20-12-19-55(67(59)58-38-42-15-6-7-16-43(42)39-60(58)69)62-40-61(70-68(71-62)41-13-4-3-5-14-41)49-26-25-44-31-46(24-23-45(44)32-49)50-33-51(47-27-29-65-56(36-47)53-17-8-10-21-63(53)72-65)35-52(34-50)48-28-30-66-57(37-48)54-18-9-11-22-64(54)73-66/h3-40H,1-2H3. The van der Waals surface area contributed by atoms with Crippen LogP contribution >= 0.6 is 0 Å². The van der Waals surface area contributed by atoms with Crippen LogP contribution in [0.15, 0.2) is 239 Å². The summed E-state index contributed by atoms with van der Waals surface area (Å²) >= 11 is 0. The SMILES string of the molecule is CC1(C)c2cc3ccccc3cc2-c2c(-c3cc(-c4ccc5cc(-c6cc(-c7ccc8oc9ccccc9c8c7)cc(-c7ccc8oc9ccccc9c8c7)c6)ccc5c4)nc(-c4ccccc4)n3)cccc21. The Kier molecular flexibility index (Phi) is 8.97. The molecule has 0 bridgehead atoms. The lowest BCUT2D eigenvalue weighted by Gasteiger charge is -2.22. The van der Waals surface area contributed by atoms with Crippen LogP contribution in [-0.4, -0.2) is 9.97 Å². The largest absolute Gasteiger partial charge is 0.456 e. The van der Waals surface area contributed by atoms with E-state index in [0.717, 1.165) is 116 Å². The molecule has 3 heterocycles. The van der Waals surface area contributed by atoms with E-state index in [0.29, 0.717) is 5.82 Å². The van der Waals surface area contributed by atoms with Gasteiger partial charge in [-0.1, -0.05) is 159 Å². The van der Waals surface area contributed by atoms with E-state index in [2.05, 4.69) is 214 Å². The van der Waals surface area contributed by atoms with Gasteiger partial charge in [-0.15, -0.1) is 0 Å². The van der Waals surface area contributed by atoms with Crippen LogP contribution in [0.5, 0.6) is 0 Å². The summed E-state index contributed by atoms with van der Waals surface area (Å²) in [5.74, 6) is 0.702. The van der Waals surface area contributed by atoms with Gasteiger partial charge in [-0.2, -0.15) is 0 Å². The van der Waals surface area contributed by atoms with Crippen LogP contribution in [0, 0.1) is 0 Å². The maximum Gasteiger partial charge on any atom is 0.160 e. The van der Waals surface area contributed by atoms with Crippen molar-refractivity contribution in [3.63, 3.8) is 0 Å². The summed E-state index contributed by atoms with van der Waals surface area (Å²) in [7, 11) is 0. The first kappa shape index (κ1) is 41.4. The molecule has 1 aliphatic rings. The highest BCUT2D eigenvalue weighted by molar-refractivity contribution is 6.08. The average molecular weight is 933 g/mol. The Labute approximate surface area is 421 Å². The molecular weight excluding hydrogens is 889 g/mol. The van der Waals surface area contributed by atoms with Crippen LogP contribution in [0.25, 0.3) is 144 Å². The van der Waals surface area contributed by atoms with Gasteiger partial charge in [0.2, 0.25) is 0 Å². The fourth-order valence-electron chi connectivity index (χ4n) is 11.7. The first-order chi connectivity index (χ1) is 35.9. The van der Waals surface area contributed by atoms with E-state index in [1.807, 2.05) is 30.3 Å². The molecule has 0 N–H and O–H groups in total. The smallest absolute Gasteiger partial charge is 0.160 e. The number of rotatable bonds is 6. The maximum atomic E-state index is 6.26. The van der Waals surface area contributed by atoms with Gasteiger partial charge in [0.25, 0.3) is 0 Å². The van der Waals surface area contributed by atoms with Crippen LogP contribution in [0.2, 0.25) is 0 Å². The first-order valence-corrected chi connectivity index (χ1v) is 25.0. The number of benzene rings is 11. The van der Waals surface area contributed by atoms with Crippen molar-refractivity contribution in [2.45, 2.75) is 19.3 Å². The van der Waals surface area contributed by atoms with E-state index in [4.69, 9.17) is 18.8 Å². The van der Waals surface area contributed by atoms with Crippen molar-refractivity contribution in [1.82, 2.24) is 9.97 Å². The van der Waals surface area contributed by atoms with Crippen LogP contribution in [-0.2, 0) is 5.41 Å². The number of hydrogen-bond donors (Lipinski definition) is 0. The molecule has 0 fully saturated rings. The predicted molar refractivity (Wildman–Crippen MR) is 302 cm³/mol. The van der Waals surface area contributed by atoms with E-state index < -0.39 is 0 Å². The Hall–Kier alpha value is -9.38. The highest BCUT2D eigenvalue weighted by atomic mass is 16.3. The first-order valence-electron chi connectivity index (χ1n) is 25.0. The molecule has 4 nitrogen and oxygen atoms in total. The molecule has 0 radical (unpaired) electrons. The minimum atomic E-state index is -0.170. The monoisotopic (exact) mass is 932 g/mol. The zero-order valence-electron chi connectivity index (χ0n) is 40.2. The second-order valence-corrected chi connectivity index (χ2v) is 20.1. The number of nitrogens with zero attached hydrogens (tertiary/aromatic N) is 2. The van der Waals surface area contributed by atoms with Gasteiger partial charge in [0.15, 0.2) is 5.82 Å². The van der Waals surface area contributed by atoms with Crippen molar-refractivity contribution in [1.29, 1.82) is 0 Å². The van der Waals surface area contributed by atoms with Gasteiger partial charge >= 0.3 is 0 Å². The van der Waals surface area contributed by atoms with Crippen molar-refractivity contribution in [2.75, 3.05) is 0 Å². The summed E-state index contributed by atoms with van der Waals surface area (Å²) in [6.45, 7) is 4.69. The van der Waals surface area contributed by atoms with Crippen molar-refractivity contribution in [2.24, 2.45) is 0 Å². The molecule has 342 valence electrons. The number of para-hydroxylation sites is 2. The molecule has 11 aromatic carbocycles. The quantitative estimate of drug-likeness (QED) is 0.167. The second kappa shape index (κ2) is 15.8. The highest BCUT2D eigenvalue weighted by Crippen LogP contribution is 2.53. The molecule has 0 amide bonds. The Morgan fingerprint density at radius 3 is 1.47 bits per heavy atom. The van der Waals surface area contributed by atoms with E-state index >= 15 is 0 Å². The zero-order valence-corrected chi connectivity index (χ0v) is 40.2. The number of hydrogen-bond acceptors (Lipinski definition) is 4. The third-order valence-electron chi connectivity index (χ3n) is 15.4. The minimum Gasteiger partial charge on any atom is -0.456 e. The average Bonchev–Trinajstić information content (AvgIpc) is 4.09. The third kappa shape index (κ3) is 6.68. The lowest BCUT2D eigenvalue weighted by molar-refractivity contribution is 0.661. The zero-order chi connectivity index (χ0) is 48.4. The molecule has 4 heteroatoms. The minimum absolute atomic E-state index is 0.170. The molecule has 3 aromatic heterocycles.